The third-order valence-electron chi connectivity index (χ3n) is 2.36. The van der Waals surface area contributed by atoms with Gasteiger partial charge in [0.1, 0.15) is 17.2 Å². The molecule has 1 heterocycles. The molecule has 5 nitrogen and oxygen atoms in total. The molecule has 5 heteroatoms. The molecule has 0 aliphatic rings. The highest BCUT2D eigenvalue weighted by atomic mass is 16.1. The first-order valence-electron chi connectivity index (χ1n) is 5.34. The second kappa shape index (κ2) is 4.92. The molecule has 0 fully saturated rings. The minimum atomic E-state index is -0.578. The summed E-state index contributed by atoms with van der Waals surface area (Å²) in [6, 6.07) is 0. The molecule has 0 radical (unpaired) electrons. The Morgan fingerprint density at radius 3 is 2.44 bits per heavy atom. The highest BCUT2D eigenvalue weighted by Crippen LogP contribution is 2.14. The number of nitrogens with zero attached hydrogens (tertiary/aromatic N) is 2. The van der Waals surface area contributed by atoms with Gasteiger partial charge in [-0.1, -0.05) is 13.8 Å². The van der Waals surface area contributed by atoms with Gasteiger partial charge in [0.05, 0.1) is 5.69 Å². The maximum Gasteiger partial charge on any atom is 0.254 e. The van der Waals surface area contributed by atoms with Gasteiger partial charge in [0, 0.05) is 6.42 Å². The van der Waals surface area contributed by atoms with Crippen LogP contribution in [0.5, 0.6) is 0 Å². The number of aromatic nitrogens is 2. The van der Waals surface area contributed by atoms with E-state index in [9.17, 15) is 4.79 Å². The van der Waals surface area contributed by atoms with Crippen LogP contribution in [-0.4, -0.2) is 15.9 Å². The largest absolute Gasteiger partial charge is 0.383 e. The maximum atomic E-state index is 11.1. The Kier molecular flexibility index (Phi) is 3.82. The van der Waals surface area contributed by atoms with Crippen molar-refractivity contribution in [2.75, 3.05) is 5.73 Å². The average Bonchev–Trinajstić information content (AvgIpc) is 2.12. The van der Waals surface area contributed by atoms with Crippen LogP contribution in [0.1, 0.15) is 42.1 Å². The Labute approximate surface area is 95.3 Å². The topological polar surface area (TPSA) is 94.9 Å². The van der Waals surface area contributed by atoms with Gasteiger partial charge in [0.25, 0.3) is 5.91 Å². The van der Waals surface area contributed by atoms with Crippen molar-refractivity contribution in [2.24, 2.45) is 11.7 Å². The van der Waals surface area contributed by atoms with E-state index in [4.69, 9.17) is 11.5 Å². The van der Waals surface area contributed by atoms with E-state index in [0.717, 1.165) is 12.8 Å². The van der Waals surface area contributed by atoms with Crippen LogP contribution in [0.25, 0.3) is 0 Å². The van der Waals surface area contributed by atoms with E-state index < -0.39 is 5.91 Å². The van der Waals surface area contributed by atoms with Gasteiger partial charge in [0.15, 0.2) is 0 Å². The molecule has 4 N–H and O–H groups in total. The number of rotatable bonds is 4. The van der Waals surface area contributed by atoms with E-state index in [1.807, 2.05) is 0 Å². The first kappa shape index (κ1) is 12.4. The molecule has 1 aromatic rings. The van der Waals surface area contributed by atoms with Gasteiger partial charge >= 0.3 is 0 Å². The molecule has 0 unspecified atom stereocenters. The number of aryl methyl sites for hydroxylation is 2. The van der Waals surface area contributed by atoms with Gasteiger partial charge in [-0.2, -0.15) is 0 Å². The monoisotopic (exact) mass is 222 g/mol. The number of nitrogen functional groups attached to an aromatic ring is 1. The van der Waals surface area contributed by atoms with E-state index in [0.29, 0.717) is 17.4 Å². The van der Waals surface area contributed by atoms with Crippen LogP contribution >= 0.6 is 0 Å². The number of nitrogens with two attached hydrogens (primary N) is 2. The predicted octanol–water partition coefficient (Wildman–Crippen LogP) is 1.05. The lowest BCUT2D eigenvalue weighted by atomic mass is 10.1. The van der Waals surface area contributed by atoms with Crippen molar-refractivity contribution in [1.29, 1.82) is 0 Å². The third kappa shape index (κ3) is 2.92. The number of carbonyl (C=O) groups is 1. The van der Waals surface area contributed by atoms with Gasteiger partial charge < -0.3 is 11.5 Å². The van der Waals surface area contributed by atoms with E-state index in [2.05, 4.69) is 23.8 Å². The van der Waals surface area contributed by atoms with Gasteiger partial charge in [-0.05, 0) is 19.3 Å². The van der Waals surface area contributed by atoms with Gasteiger partial charge in [-0.3, -0.25) is 4.79 Å². The molecule has 1 rings (SSSR count). The zero-order chi connectivity index (χ0) is 12.3. The standard InChI is InChI=1S/C11H18N4O/c1-6(2)4-5-8-14-7(3)9(11(13)16)10(12)15-8/h6H,4-5H2,1-3H3,(H2,13,16)(H2,12,14,15). The summed E-state index contributed by atoms with van der Waals surface area (Å²) in [5.74, 6) is 0.860. The molecule has 0 spiro atoms. The Balaban J connectivity index is 2.96. The second-order valence-electron chi connectivity index (χ2n) is 4.28. The van der Waals surface area contributed by atoms with Crippen molar-refractivity contribution in [3.8, 4) is 0 Å². The number of carbonyl (C=O) groups excluding carboxylic acids is 1. The Hall–Kier alpha value is -1.65. The van der Waals surface area contributed by atoms with Crippen LogP contribution < -0.4 is 11.5 Å². The maximum absolute atomic E-state index is 11.1. The molecule has 0 aromatic carbocycles. The lowest BCUT2D eigenvalue weighted by Gasteiger charge is -2.08. The van der Waals surface area contributed by atoms with E-state index in [1.54, 1.807) is 6.92 Å². The molecule has 0 saturated carbocycles. The number of primary amides is 1. The fraction of sp³-hybridized carbons (Fsp3) is 0.545. The minimum absolute atomic E-state index is 0.179. The summed E-state index contributed by atoms with van der Waals surface area (Å²) >= 11 is 0. The fourth-order valence-corrected chi connectivity index (χ4v) is 1.49. The molecule has 1 aromatic heterocycles. The van der Waals surface area contributed by atoms with Crippen LogP contribution in [0, 0.1) is 12.8 Å². The van der Waals surface area contributed by atoms with Crippen molar-refractivity contribution in [2.45, 2.75) is 33.6 Å². The van der Waals surface area contributed by atoms with Crippen molar-refractivity contribution < 1.29 is 4.79 Å². The van der Waals surface area contributed by atoms with Crippen LogP contribution in [0.4, 0.5) is 5.82 Å². The van der Waals surface area contributed by atoms with Gasteiger partial charge in [-0.25, -0.2) is 9.97 Å². The van der Waals surface area contributed by atoms with Gasteiger partial charge in [-0.15, -0.1) is 0 Å². The van der Waals surface area contributed by atoms with Crippen LogP contribution in [0.3, 0.4) is 0 Å². The Morgan fingerprint density at radius 1 is 1.38 bits per heavy atom. The van der Waals surface area contributed by atoms with Crippen molar-refractivity contribution in [3.05, 3.63) is 17.1 Å². The summed E-state index contributed by atoms with van der Waals surface area (Å²) in [4.78, 5) is 19.4. The van der Waals surface area contributed by atoms with Crippen LogP contribution in [0.2, 0.25) is 0 Å². The molecular formula is C11H18N4O. The fourth-order valence-electron chi connectivity index (χ4n) is 1.49. The predicted molar refractivity (Wildman–Crippen MR) is 62.9 cm³/mol. The minimum Gasteiger partial charge on any atom is -0.383 e. The number of anilines is 1. The summed E-state index contributed by atoms with van der Waals surface area (Å²) in [5, 5.41) is 0. The summed E-state index contributed by atoms with van der Waals surface area (Å²) in [7, 11) is 0. The molecule has 0 bridgehead atoms. The molecule has 0 aliphatic heterocycles. The Morgan fingerprint density at radius 2 is 2.00 bits per heavy atom. The number of amides is 1. The zero-order valence-corrected chi connectivity index (χ0v) is 9.95. The van der Waals surface area contributed by atoms with Gasteiger partial charge in [0.2, 0.25) is 0 Å². The SMILES string of the molecule is Cc1nc(CCC(C)C)nc(N)c1C(N)=O. The third-order valence-corrected chi connectivity index (χ3v) is 2.36. The molecule has 88 valence electrons. The summed E-state index contributed by atoms with van der Waals surface area (Å²) in [6.45, 7) is 5.99. The van der Waals surface area contributed by atoms with E-state index in [-0.39, 0.29) is 11.4 Å². The quantitative estimate of drug-likeness (QED) is 0.796. The highest BCUT2D eigenvalue weighted by molar-refractivity contribution is 5.98. The normalized spacial score (nSPS) is 10.8. The smallest absolute Gasteiger partial charge is 0.254 e. The van der Waals surface area contributed by atoms with E-state index >= 15 is 0 Å². The Bertz CT molecular complexity index is 378. The van der Waals surface area contributed by atoms with Crippen molar-refractivity contribution in [3.63, 3.8) is 0 Å². The lowest BCUT2D eigenvalue weighted by molar-refractivity contribution is 0.1000. The first-order chi connectivity index (χ1) is 7.41. The van der Waals surface area contributed by atoms with Crippen molar-refractivity contribution in [1.82, 2.24) is 9.97 Å². The lowest BCUT2D eigenvalue weighted by Crippen LogP contribution is -2.18. The number of hydrogen-bond donors (Lipinski definition) is 2. The molecule has 16 heavy (non-hydrogen) atoms. The number of hydrogen-bond acceptors (Lipinski definition) is 4. The second-order valence-corrected chi connectivity index (χ2v) is 4.28. The molecule has 1 amide bonds. The summed E-state index contributed by atoms with van der Waals surface area (Å²) in [6.07, 6.45) is 1.76. The molecule has 0 atom stereocenters. The summed E-state index contributed by atoms with van der Waals surface area (Å²) in [5.41, 5.74) is 11.7. The average molecular weight is 222 g/mol. The zero-order valence-electron chi connectivity index (χ0n) is 9.95. The first-order valence-corrected chi connectivity index (χ1v) is 5.34. The molecule has 0 saturated heterocycles. The van der Waals surface area contributed by atoms with E-state index in [1.165, 1.54) is 0 Å². The molecular weight excluding hydrogens is 204 g/mol. The van der Waals surface area contributed by atoms with Crippen LogP contribution in [0.15, 0.2) is 0 Å². The van der Waals surface area contributed by atoms with Crippen LogP contribution in [-0.2, 0) is 6.42 Å². The highest BCUT2D eigenvalue weighted by Gasteiger charge is 2.13. The van der Waals surface area contributed by atoms with Crippen molar-refractivity contribution >= 4 is 11.7 Å². The molecule has 0 aliphatic carbocycles. The summed E-state index contributed by atoms with van der Waals surface area (Å²) < 4.78 is 0.